The van der Waals surface area contributed by atoms with Crippen LogP contribution in [0.4, 0.5) is 20.5 Å². The van der Waals surface area contributed by atoms with Crippen LogP contribution in [-0.4, -0.2) is 93.7 Å². The summed E-state index contributed by atoms with van der Waals surface area (Å²) in [6.45, 7) is -5.66. The summed E-state index contributed by atoms with van der Waals surface area (Å²) < 4.78 is 80.9. The second kappa shape index (κ2) is 11.9. The maximum atomic E-state index is 15.9. The molecule has 2 aliphatic rings. The molecule has 10 atom stereocenters. The highest BCUT2D eigenvalue weighted by Gasteiger charge is 2.56. The zero-order valence-electron chi connectivity index (χ0n) is 22.0. The Labute approximate surface area is 255 Å². The molecule has 2 fully saturated rings. The molecule has 0 aromatic carbocycles. The topological polar surface area (TPSA) is 250 Å². The van der Waals surface area contributed by atoms with E-state index in [1.807, 2.05) is 0 Å². The number of thiol groups is 2. The summed E-state index contributed by atoms with van der Waals surface area (Å²) in [5, 5.41) is 10.6. The summed E-state index contributed by atoms with van der Waals surface area (Å²) in [5.41, 5.74) is 9.09. The van der Waals surface area contributed by atoms with Gasteiger partial charge in [-0.2, -0.15) is 4.98 Å². The van der Waals surface area contributed by atoms with Crippen LogP contribution in [0.3, 0.4) is 0 Å². The molecule has 4 aromatic rings. The molecular formula is C20H24F2N10O8P2S2. The number of aliphatic hydroxyl groups excluding tert-OH is 1. The Morgan fingerprint density at radius 3 is 2.45 bits per heavy atom. The predicted octanol–water partition coefficient (Wildman–Crippen LogP) is 0.800. The number of hydrogen-bond acceptors (Lipinski definition) is 15. The number of rotatable bonds is 9. The highest BCUT2D eigenvalue weighted by Crippen LogP contribution is 2.64. The van der Waals surface area contributed by atoms with Crippen LogP contribution in [0.5, 0.6) is 0 Å². The number of nitrogens with zero attached hydrogens (tertiary/aromatic N) is 7. The molecule has 0 spiro atoms. The SMILES string of the molecule is Nc1nc2c(ncn2[C@@H]2O[C@H](CO[PH](=O)S)[C@@H](F)[C@H]2P(=O)(S)OCC2O[C@@H](n3cnc4c(N)ncnc43)[C@@H](F)[C@@H]2O)c(=O)[nH]1. The third kappa shape index (κ3) is 5.51. The van der Waals surface area contributed by atoms with Crippen LogP contribution in [0, 0.1) is 0 Å². The van der Waals surface area contributed by atoms with Gasteiger partial charge in [0.2, 0.25) is 13.2 Å². The number of alkyl halides is 2. The quantitative estimate of drug-likeness (QED) is 0.105. The minimum atomic E-state index is -4.42. The molecular weight excluding hydrogens is 672 g/mol. The molecule has 4 aromatic heterocycles. The van der Waals surface area contributed by atoms with Gasteiger partial charge >= 0.3 is 0 Å². The maximum Gasteiger partial charge on any atom is 0.280 e. The first-order valence-electron chi connectivity index (χ1n) is 12.6. The first-order valence-corrected chi connectivity index (χ1v) is 18.1. The Hall–Kier alpha value is -2.68. The lowest BCUT2D eigenvalue weighted by molar-refractivity contribution is -0.0413. The van der Waals surface area contributed by atoms with E-state index in [-0.39, 0.29) is 34.1 Å². The van der Waals surface area contributed by atoms with E-state index in [0.717, 1.165) is 17.2 Å². The van der Waals surface area contributed by atoms with E-state index in [4.69, 9.17) is 30.0 Å². The number of ether oxygens (including phenoxy) is 2. The number of nitrogen functional groups attached to an aromatic ring is 2. The number of nitrogens with one attached hydrogen (secondary N) is 1. The van der Waals surface area contributed by atoms with Crippen LogP contribution >= 0.6 is 38.3 Å². The molecule has 18 nitrogen and oxygen atoms in total. The van der Waals surface area contributed by atoms with Crippen molar-refractivity contribution in [2.75, 3.05) is 24.7 Å². The minimum absolute atomic E-state index is 0.0476. The van der Waals surface area contributed by atoms with E-state index in [0.29, 0.717) is 0 Å². The number of aromatic nitrogens is 8. The van der Waals surface area contributed by atoms with E-state index in [2.05, 4.69) is 54.4 Å². The summed E-state index contributed by atoms with van der Waals surface area (Å²) in [5.74, 6) is -0.233. The summed E-state index contributed by atoms with van der Waals surface area (Å²) in [6, 6.07) is 0. The molecule has 44 heavy (non-hydrogen) atoms. The Morgan fingerprint density at radius 2 is 1.73 bits per heavy atom. The average molecular weight is 697 g/mol. The summed E-state index contributed by atoms with van der Waals surface area (Å²) in [4.78, 5) is 34.5. The lowest BCUT2D eigenvalue weighted by atomic mass is 10.1. The monoisotopic (exact) mass is 696 g/mol. The van der Waals surface area contributed by atoms with Gasteiger partial charge in [0.25, 0.3) is 12.1 Å². The summed E-state index contributed by atoms with van der Waals surface area (Å²) >= 11 is 7.83. The molecule has 0 saturated carbocycles. The third-order valence-electron chi connectivity index (χ3n) is 7.14. The third-order valence-corrected chi connectivity index (χ3v) is 10.9. The number of H-pyrrole nitrogens is 1. The standard InChI is InChI=1S/C20H24F2N10O8P2S2/c21-8-6(1-37-41(35)43)39-19(32-5-28-11-16(32)29-20(24)30-17(11)34)13(8)42(36,44)38-2-7-12(33)9(22)18(40-7)31-4-27-10-14(23)25-3-26-15(10)31/h3-9,12-13,18-19,33,41H,1-2H2,(H,35,43)(H,36,44)(H2,23,25,26)(H3,24,29,30,34)/t6-,7?,8-,9+,12-,13-,18-,19-,42?/m1/s1. The first-order chi connectivity index (χ1) is 20.9. The number of halogens is 2. The fraction of sp³-hybridized carbons (Fsp3) is 0.500. The van der Waals surface area contributed by atoms with Crippen molar-refractivity contribution in [3.05, 3.63) is 29.3 Å². The van der Waals surface area contributed by atoms with Crippen molar-refractivity contribution in [2.24, 2.45) is 0 Å². The van der Waals surface area contributed by atoms with E-state index in [1.165, 1.54) is 10.9 Å². The molecule has 0 radical (unpaired) electrons. The van der Waals surface area contributed by atoms with Crippen molar-refractivity contribution in [3.8, 4) is 0 Å². The van der Waals surface area contributed by atoms with Crippen LogP contribution in [0.2, 0.25) is 0 Å². The zero-order valence-corrected chi connectivity index (χ0v) is 25.6. The molecule has 0 amide bonds. The van der Waals surface area contributed by atoms with Crippen molar-refractivity contribution in [2.45, 2.75) is 48.8 Å². The number of hydrogen-bond donors (Lipinski definition) is 6. The Kier molecular flexibility index (Phi) is 8.48. The van der Waals surface area contributed by atoms with E-state index in [1.54, 1.807) is 0 Å². The van der Waals surface area contributed by atoms with Crippen molar-refractivity contribution >= 4 is 72.4 Å². The van der Waals surface area contributed by atoms with Gasteiger partial charge in [0, 0.05) is 0 Å². The highest BCUT2D eigenvalue weighted by atomic mass is 32.7. The Balaban J connectivity index is 1.26. The van der Waals surface area contributed by atoms with Crippen molar-refractivity contribution in [3.63, 3.8) is 0 Å². The van der Waals surface area contributed by atoms with E-state index >= 15 is 8.78 Å². The van der Waals surface area contributed by atoms with Crippen molar-refractivity contribution in [1.82, 2.24) is 39.0 Å². The van der Waals surface area contributed by atoms with Crippen LogP contribution in [0.1, 0.15) is 12.5 Å². The Morgan fingerprint density at radius 1 is 1.05 bits per heavy atom. The number of imidazole rings is 2. The molecule has 2 saturated heterocycles. The fourth-order valence-electron chi connectivity index (χ4n) is 5.08. The highest BCUT2D eigenvalue weighted by molar-refractivity contribution is 8.46. The van der Waals surface area contributed by atoms with Crippen molar-refractivity contribution in [1.29, 1.82) is 0 Å². The number of anilines is 2. The minimum Gasteiger partial charge on any atom is -0.387 e. The fourth-order valence-corrected chi connectivity index (χ4v) is 8.16. The molecule has 0 bridgehead atoms. The summed E-state index contributed by atoms with van der Waals surface area (Å²) in [6.07, 6.45) is -8.18. The molecule has 6 heterocycles. The number of aromatic amines is 1. The maximum absolute atomic E-state index is 15.9. The smallest absolute Gasteiger partial charge is 0.280 e. The molecule has 0 aliphatic carbocycles. The van der Waals surface area contributed by atoms with Gasteiger partial charge in [0.05, 0.1) is 25.9 Å². The lowest BCUT2D eigenvalue weighted by Gasteiger charge is -2.27. The van der Waals surface area contributed by atoms with Gasteiger partial charge in [-0.15, -0.1) is 0 Å². The van der Waals surface area contributed by atoms with E-state index < -0.39 is 81.3 Å². The van der Waals surface area contributed by atoms with Crippen LogP contribution in [0.25, 0.3) is 22.3 Å². The second-order valence-corrected chi connectivity index (χ2v) is 15.4. The van der Waals surface area contributed by atoms with Gasteiger partial charge in [0.15, 0.2) is 41.3 Å². The molecule has 238 valence electrons. The Bertz CT molecular complexity index is 1850. The van der Waals surface area contributed by atoms with Gasteiger partial charge in [-0.1, -0.05) is 24.5 Å². The number of aliphatic hydroxyl groups is 1. The normalized spacial score (nSPS) is 31.1. The largest absolute Gasteiger partial charge is 0.387 e. The predicted molar refractivity (Wildman–Crippen MR) is 156 cm³/mol. The summed E-state index contributed by atoms with van der Waals surface area (Å²) in [7, 11) is -2.80. The van der Waals surface area contributed by atoms with Crippen LogP contribution < -0.4 is 17.0 Å². The number of nitrogens with two attached hydrogens (primary N) is 2. The molecule has 6 rings (SSSR count). The zero-order chi connectivity index (χ0) is 31.5. The average Bonchev–Trinajstić information content (AvgIpc) is 3.72. The van der Waals surface area contributed by atoms with Gasteiger partial charge < -0.3 is 35.1 Å². The second-order valence-electron chi connectivity index (χ2n) is 9.80. The van der Waals surface area contributed by atoms with Gasteiger partial charge in [-0.25, -0.2) is 28.7 Å². The van der Waals surface area contributed by atoms with E-state index in [9.17, 15) is 19.0 Å². The number of fused-ring (bicyclic) bond motifs is 2. The molecule has 2 aliphatic heterocycles. The molecule has 24 heteroatoms. The van der Waals surface area contributed by atoms with Gasteiger partial charge in [-0.05, 0) is 0 Å². The van der Waals surface area contributed by atoms with Crippen molar-refractivity contribution < 1.29 is 41.5 Å². The van der Waals surface area contributed by atoms with Crippen LogP contribution in [0.15, 0.2) is 23.8 Å². The first kappa shape index (κ1) is 31.3. The van der Waals surface area contributed by atoms with Crippen LogP contribution in [-0.2, 0) is 27.7 Å². The van der Waals surface area contributed by atoms with Gasteiger partial charge in [-0.3, -0.25) is 28.0 Å². The molecule has 3 unspecified atom stereocenters. The molecule has 6 N–H and O–H groups in total. The lowest BCUT2D eigenvalue weighted by Crippen LogP contribution is -2.33. The van der Waals surface area contributed by atoms with Gasteiger partial charge in [0.1, 0.15) is 42.0 Å².